The molecule has 0 spiro atoms. The maximum atomic E-state index is 5.11. The number of unbranched alkanes of at least 4 members (excludes halogenated alkanes) is 4. The van der Waals surface area contributed by atoms with Crippen molar-refractivity contribution >= 4 is 6.08 Å². The van der Waals surface area contributed by atoms with Gasteiger partial charge < -0.3 is 4.52 Å². The lowest BCUT2D eigenvalue weighted by Gasteiger charge is -2.27. The molecule has 2 nitrogen and oxygen atoms in total. The number of rotatable bonds is 9. The zero-order chi connectivity index (χ0) is 13.4. The Labute approximate surface area is 111 Å². The summed E-state index contributed by atoms with van der Waals surface area (Å²) in [5.41, 5.74) is 2.30. The normalized spacial score (nSPS) is 14.4. The van der Waals surface area contributed by atoms with Crippen molar-refractivity contribution < 1.29 is 4.52 Å². The van der Waals surface area contributed by atoms with Gasteiger partial charge in [0.25, 0.3) is 0 Å². The molecular weight excluding hydrogens is 222 g/mol. The van der Waals surface area contributed by atoms with Gasteiger partial charge in [0.15, 0.2) is 0 Å². The molecule has 0 saturated heterocycles. The summed E-state index contributed by atoms with van der Waals surface area (Å²) < 4.78 is 5.11. The predicted octanol–water partition coefficient (Wildman–Crippen LogP) is 5.35. The minimum absolute atomic E-state index is 0.176. The van der Waals surface area contributed by atoms with Crippen LogP contribution >= 0.6 is 0 Å². The summed E-state index contributed by atoms with van der Waals surface area (Å²) >= 11 is 0. The minimum atomic E-state index is 0.176. The molecule has 102 valence electrons. The van der Waals surface area contributed by atoms with Crippen molar-refractivity contribution in [2.75, 3.05) is 0 Å². The summed E-state index contributed by atoms with van der Waals surface area (Å²) in [7, 11) is 0. The van der Waals surface area contributed by atoms with Gasteiger partial charge in [-0.1, -0.05) is 64.6 Å². The molecule has 0 aliphatic heterocycles. The second-order valence-corrected chi connectivity index (χ2v) is 5.40. The van der Waals surface area contributed by atoms with Crippen LogP contribution in [-0.2, 0) is 5.41 Å². The van der Waals surface area contributed by atoms with E-state index in [0.717, 1.165) is 12.1 Å². The molecule has 1 unspecified atom stereocenters. The predicted molar refractivity (Wildman–Crippen MR) is 77.6 cm³/mol. The van der Waals surface area contributed by atoms with Gasteiger partial charge in [-0.15, -0.1) is 0 Å². The second kappa shape index (κ2) is 7.40. The average Bonchev–Trinajstić information content (AvgIpc) is 2.87. The molecule has 0 aliphatic rings. The summed E-state index contributed by atoms with van der Waals surface area (Å²) in [6, 6.07) is 0. The molecule has 1 atom stereocenters. The standard InChI is InChI=1S/C16H27NO/c1-5-8-9-10-11-12-16(4,7-3)14-13-18-17-15(14)6-2/h6,13H,2,5,7-12H2,1,3-4H3. The molecule has 0 bridgehead atoms. The first-order valence-corrected chi connectivity index (χ1v) is 7.25. The van der Waals surface area contributed by atoms with Crippen molar-refractivity contribution in [1.29, 1.82) is 0 Å². The number of nitrogens with zero attached hydrogens (tertiary/aromatic N) is 1. The van der Waals surface area contributed by atoms with E-state index in [-0.39, 0.29) is 5.41 Å². The molecule has 0 aromatic carbocycles. The maximum absolute atomic E-state index is 5.11. The van der Waals surface area contributed by atoms with Crippen LogP contribution < -0.4 is 0 Å². The zero-order valence-electron chi connectivity index (χ0n) is 12.2. The third-order valence-electron chi connectivity index (χ3n) is 4.05. The van der Waals surface area contributed by atoms with Crippen molar-refractivity contribution in [3.05, 3.63) is 24.1 Å². The van der Waals surface area contributed by atoms with Gasteiger partial charge >= 0.3 is 0 Å². The van der Waals surface area contributed by atoms with Gasteiger partial charge in [-0.05, 0) is 24.3 Å². The molecule has 1 aromatic heterocycles. The van der Waals surface area contributed by atoms with E-state index in [2.05, 4.69) is 32.5 Å². The fourth-order valence-corrected chi connectivity index (χ4v) is 2.46. The van der Waals surface area contributed by atoms with E-state index < -0.39 is 0 Å². The van der Waals surface area contributed by atoms with Gasteiger partial charge in [0, 0.05) is 5.56 Å². The highest BCUT2D eigenvalue weighted by Gasteiger charge is 2.28. The van der Waals surface area contributed by atoms with Crippen molar-refractivity contribution in [3.8, 4) is 0 Å². The third kappa shape index (κ3) is 3.72. The van der Waals surface area contributed by atoms with Crippen LogP contribution in [0.4, 0.5) is 0 Å². The number of hydrogen-bond acceptors (Lipinski definition) is 2. The Morgan fingerprint density at radius 3 is 2.61 bits per heavy atom. The van der Waals surface area contributed by atoms with Gasteiger partial charge in [0.05, 0.1) is 0 Å². The summed E-state index contributed by atoms with van der Waals surface area (Å²) in [6.07, 6.45) is 12.5. The van der Waals surface area contributed by atoms with Crippen LogP contribution in [0.25, 0.3) is 6.08 Å². The first-order chi connectivity index (χ1) is 8.68. The van der Waals surface area contributed by atoms with Crippen LogP contribution in [0.1, 0.15) is 77.0 Å². The van der Waals surface area contributed by atoms with E-state index in [9.17, 15) is 0 Å². The summed E-state index contributed by atoms with van der Waals surface area (Å²) in [5.74, 6) is 0. The van der Waals surface area contributed by atoms with Crippen LogP contribution in [-0.4, -0.2) is 5.16 Å². The fraction of sp³-hybridized carbons (Fsp3) is 0.688. The molecule has 0 N–H and O–H groups in total. The van der Waals surface area contributed by atoms with E-state index >= 15 is 0 Å². The van der Waals surface area contributed by atoms with Crippen LogP contribution in [0.2, 0.25) is 0 Å². The van der Waals surface area contributed by atoms with E-state index in [1.165, 1.54) is 44.1 Å². The van der Waals surface area contributed by atoms with Gasteiger partial charge in [0.1, 0.15) is 12.0 Å². The second-order valence-electron chi connectivity index (χ2n) is 5.40. The van der Waals surface area contributed by atoms with E-state index in [0.29, 0.717) is 0 Å². The van der Waals surface area contributed by atoms with E-state index in [4.69, 9.17) is 4.52 Å². The topological polar surface area (TPSA) is 26.0 Å². The SMILES string of the molecule is C=Cc1nocc1C(C)(CC)CCCCCCC. The van der Waals surface area contributed by atoms with Crippen molar-refractivity contribution in [3.63, 3.8) is 0 Å². The first-order valence-electron chi connectivity index (χ1n) is 7.25. The van der Waals surface area contributed by atoms with Gasteiger partial charge in [0.2, 0.25) is 0 Å². The maximum Gasteiger partial charge on any atom is 0.128 e. The largest absolute Gasteiger partial charge is 0.364 e. The Hall–Kier alpha value is -1.05. The van der Waals surface area contributed by atoms with Gasteiger partial charge in [-0.25, -0.2) is 0 Å². The smallest absolute Gasteiger partial charge is 0.128 e. The first kappa shape index (κ1) is 15.0. The lowest BCUT2D eigenvalue weighted by atomic mass is 9.76. The van der Waals surface area contributed by atoms with E-state index in [1.807, 2.05) is 0 Å². The quantitative estimate of drug-likeness (QED) is 0.552. The summed E-state index contributed by atoms with van der Waals surface area (Å²) in [4.78, 5) is 0. The molecular formula is C16H27NO. The lowest BCUT2D eigenvalue weighted by Crippen LogP contribution is -2.21. The lowest BCUT2D eigenvalue weighted by molar-refractivity contribution is 0.383. The Morgan fingerprint density at radius 2 is 2.00 bits per heavy atom. The molecule has 1 rings (SSSR count). The van der Waals surface area contributed by atoms with Gasteiger partial charge in [-0.3, -0.25) is 0 Å². The van der Waals surface area contributed by atoms with Crippen LogP contribution in [0, 0.1) is 0 Å². The Morgan fingerprint density at radius 1 is 1.28 bits per heavy atom. The molecule has 0 aliphatic carbocycles. The molecule has 1 aromatic rings. The number of aromatic nitrogens is 1. The monoisotopic (exact) mass is 249 g/mol. The van der Waals surface area contributed by atoms with Crippen LogP contribution in [0.3, 0.4) is 0 Å². The summed E-state index contributed by atoms with van der Waals surface area (Å²) in [5, 5.41) is 4.01. The van der Waals surface area contributed by atoms with Crippen molar-refractivity contribution in [1.82, 2.24) is 5.16 Å². The molecule has 0 amide bonds. The number of hydrogen-bond donors (Lipinski definition) is 0. The Kier molecular flexibility index (Phi) is 6.17. The molecule has 0 radical (unpaired) electrons. The van der Waals surface area contributed by atoms with Crippen molar-refractivity contribution in [2.24, 2.45) is 0 Å². The molecule has 18 heavy (non-hydrogen) atoms. The summed E-state index contributed by atoms with van der Waals surface area (Å²) in [6.45, 7) is 10.6. The highest BCUT2D eigenvalue weighted by molar-refractivity contribution is 5.48. The van der Waals surface area contributed by atoms with Crippen LogP contribution in [0.5, 0.6) is 0 Å². The van der Waals surface area contributed by atoms with Crippen LogP contribution in [0.15, 0.2) is 17.4 Å². The fourth-order valence-electron chi connectivity index (χ4n) is 2.46. The van der Waals surface area contributed by atoms with Crippen molar-refractivity contribution in [2.45, 2.75) is 71.1 Å². The Balaban J connectivity index is 2.59. The van der Waals surface area contributed by atoms with E-state index in [1.54, 1.807) is 12.3 Å². The average molecular weight is 249 g/mol. The molecule has 0 saturated carbocycles. The molecule has 0 fully saturated rings. The van der Waals surface area contributed by atoms with Gasteiger partial charge in [-0.2, -0.15) is 0 Å². The highest BCUT2D eigenvalue weighted by Crippen LogP contribution is 2.35. The minimum Gasteiger partial charge on any atom is -0.364 e. The zero-order valence-corrected chi connectivity index (χ0v) is 12.2. The Bertz CT molecular complexity index is 356. The highest BCUT2D eigenvalue weighted by atomic mass is 16.5. The molecule has 1 heterocycles. The third-order valence-corrected chi connectivity index (χ3v) is 4.05. The molecule has 2 heteroatoms.